The van der Waals surface area contributed by atoms with Gasteiger partial charge in [0.2, 0.25) is 11.8 Å². The third-order valence-corrected chi connectivity index (χ3v) is 6.83. The number of nitrogens with one attached hydrogen (secondary N) is 1. The van der Waals surface area contributed by atoms with E-state index in [1.54, 1.807) is 4.90 Å². The normalized spacial score (nSPS) is 19.8. The van der Waals surface area contributed by atoms with Gasteiger partial charge in [0, 0.05) is 18.5 Å². The van der Waals surface area contributed by atoms with Crippen molar-refractivity contribution in [3.05, 3.63) is 58.6 Å². The lowest BCUT2D eigenvalue weighted by atomic mass is 10.2. The fourth-order valence-electron chi connectivity index (χ4n) is 4.07. The molecule has 1 saturated carbocycles. The number of thioether (sulfide) groups is 1. The fourth-order valence-corrected chi connectivity index (χ4v) is 5.29. The molecule has 2 fully saturated rings. The van der Waals surface area contributed by atoms with Crippen LogP contribution in [0.25, 0.3) is 0 Å². The van der Waals surface area contributed by atoms with Crippen molar-refractivity contribution in [1.82, 2.24) is 4.90 Å². The zero-order valence-electron chi connectivity index (χ0n) is 18.1. The van der Waals surface area contributed by atoms with Gasteiger partial charge in [0.25, 0.3) is 5.69 Å². The minimum Gasteiger partial charge on any atom is -0.494 e. The van der Waals surface area contributed by atoms with Crippen LogP contribution in [-0.4, -0.2) is 45.2 Å². The Kier molecular flexibility index (Phi) is 6.93. The Bertz CT molecular complexity index is 1090. The molecule has 0 bridgehead atoms. The van der Waals surface area contributed by atoms with Crippen LogP contribution in [0.4, 0.5) is 17.1 Å². The number of anilines is 1. The van der Waals surface area contributed by atoms with Gasteiger partial charge in [0.05, 0.1) is 29.5 Å². The van der Waals surface area contributed by atoms with Crippen molar-refractivity contribution < 1.29 is 19.2 Å². The van der Waals surface area contributed by atoms with Crippen LogP contribution >= 0.6 is 11.8 Å². The van der Waals surface area contributed by atoms with Crippen molar-refractivity contribution in [2.75, 3.05) is 12.4 Å². The minimum atomic E-state index is -0.586. The van der Waals surface area contributed by atoms with Crippen LogP contribution in [0.15, 0.2) is 53.5 Å². The van der Waals surface area contributed by atoms with E-state index in [0.717, 1.165) is 31.4 Å². The first-order valence-corrected chi connectivity index (χ1v) is 11.6. The second-order valence-corrected chi connectivity index (χ2v) is 9.05. The maximum absolute atomic E-state index is 13.3. The lowest BCUT2D eigenvalue weighted by molar-refractivity contribution is -0.384. The Morgan fingerprint density at radius 1 is 1.24 bits per heavy atom. The molecule has 2 aromatic carbocycles. The maximum atomic E-state index is 13.3. The number of methoxy groups -OCH3 is 1. The number of non-ortho nitro benzene ring substituents is 1. The first-order chi connectivity index (χ1) is 16.0. The predicted molar refractivity (Wildman–Crippen MR) is 127 cm³/mol. The standard InChI is InChI=1S/C23H24N4O5S/c1-32-19-13-17(27(30)31)11-12-18(19)25-21(28)14-20-22(29)26(16-9-5-6-10-16)23(33-20)24-15-7-3-2-4-8-15/h2-4,7-8,11-13,16,20H,5-6,9-10,14H2,1H3,(H,25,28). The summed E-state index contributed by atoms with van der Waals surface area (Å²) in [6.45, 7) is 0. The van der Waals surface area contributed by atoms with Gasteiger partial charge in [-0.05, 0) is 31.0 Å². The molecule has 0 aromatic heterocycles. The highest BCUT2D eigenvalue weighted by Gasteiger charge is 2.43. The summed E-state index contributed by atoms with van der Waals surface area (Å²) in [5.41, 5.74) is 0.936. The van der Waals surface area contributed by atoms with Crippen LogP contribution in [0.2, 0.25) is 0 Å². The minimum absolute atomic E-state index is 0.0410. The lowest BCUT2D eigenvalue weighted by Crippen LogP contribution is -2.40. The van der Waals surface area contributed by atoms with Crippen LogP contribution in [0.1, 0.15) is 32.1 Å². The van der Waals surface area contributed by atoms with Crippen molar-refractivity contribution in [1.29, 1.82) is 0 Å². The highest BCUT2D eigenvalue weighted by Crippen LogP contribution is 2.37. The van der Waals surface area contributed by atoms with Gasteiger partial charge in [-0.2, -0.15) is 0 Å². The van der Waals surface area contributed by atoms with Gasteiger partial charge in [-0.1, -0.05) is 42.8 Å². The summed E-state index contributed by atoms with van der Waals surface area (Å²) in [5, 5.41) is 13.7. The number of para-hydroxylation sites is 1. The number of carbonyl (C=O) groups excluding carboxylic acids is 2. The molecule has 4 rings (SSSR count). The summed E-state index contributed by atoms with van der Waals surface area (Å²) in [6, 6.07) is 13.5. The molecule has 10 heteroatoms. The van der Waals surface area contributed by atoms with Crippen LogP contribution < -0.4 is 10.1 Å². The summed E-state index contributed by atoms with van der Waals surface area (Å²) >= 11 is 1.31. The Hall–Kier alpha value is -3.40. The quantitative estimate of drug-likeness (QED) is 0.472. The molecule has 1 saturated heterocycles. The first-order valence-electron chi connectivity index (χ1n) is 10.7. The molecule has 1 N–H and O–H groups in total. The summed E-state index contributed by atoms with van der Waals surface area (Å²) < 4.78 is 5.18. The fraction of sp³-hybridized carbons (Fsp3) is 0.348. The number of hydrogen-bond acceptors (Lipinski definition) is 7. The van der Waals surface area contributed by atoms with E-state index in [9.17, 15) is 19.7 Å². The van der Waals surface area contributed by atoms with E-state index in [1.807, 2.05) is 30.3 Å². The van der Waals surface area contributed by atoms with Crippen LogP contribution in [0.5, 0.6) is 5.75 Å². The van der Waals surface area contributed by atoms with Crippen LogP contribution in [0, 0.1) is 10.1 Å². The van der Waals surface area contributed by atoms with Gasteiger partial charge >= 0.3 is 0 Å². The third-order valence-electron chi connectivity index (χ3n) is 5.68. The Morgan fingerprint density at radius 2 is 1.97 bits per heavy atom. The average Bonchev–Trinajstić information content (AvgIpc) is 3.43. The van der Waals surface area contributed by atoms with Gasteiger partial charge < -0.3 is 10.1 Å². The number of benzene rings is 2. The number of ether oxygens (including phenoxy) is 1. The molecule has 1 aliphatic carbocycles. The summed E-state index contributed by atoms with van der Waals surface area (Å²) in [5.74, 6) is -0.297. The zero-order valence-corrected chi connectivity index (χ0v) is 18.9. The van der Waals surface area contributed by atoms with Gasteiger partial charge in [-0.25, -0.2) is 4.99 Å². The number of amides is 2. The molecule has 1 aliphatic heterocycles. The largest absolute Gasteiger partial charge is 0.494 e. The molecule has 0 radical (unpaired) electrons. The monoisotopic (exact) mass is 468 g/mol. The topological polar surface area (TPSA) is 114 Å². The van der Waals surface area contributed by atoms with E-state index >= 15 is 0 Å². The van der Waals surface area contributed by atoms with Crippen molar-refractivity contribution in [2.24, 2.45) is 4.99 Å². The van der Waals surface area contributed by atoms with Crippen LogP contribution in [-0.2, 0) is 9.59 Å². The molecule has 33 heavy (non-hydrogen) atoms. The van der Waals surface area contributed by atoms with Crippen LogP contribution in [0.3, 0.4) is 0 Å². The lowest BCUT2D eigenvalue weighted by Gasteiger charge is -2.23. The second kappa shape index (κ2) is 10.0. The van der Waals surface area contributed by atoms with Gasteiger partial charge in [-0.15, -0.1) is 0 Å². The Morgan fingerprint density at radius 3 is 2.64 bits per heavy atom. The molecule has 172 valence electrons. The molecule has 1 atom stereocenters. The molecule has 1 unspecified atom stereocenters. The number of amidine groups is 1. The summed E-state index contributed by atoms with van der Waals surface area (Å²) in [4.78, 5) is 43.0. The number of nitro benzene ring substituents is 1. The summed E-state index contributed by atoms with van der Waals surface area (Å²) in [6.07, 6.45) is 3.96. The number of aliphatic imine (C=N–C) groups is 1. The van der Waals surface area contributed by atoms with E-state index < -0.39 is 10.2 Å². The van der Waals surface area contributed by atoms with Gasteiger partial charge in [0.15, 0.2) is 5.17 Å². The highest BCUT2D eigenvalue weighted by molar-refractivity contribution is 8.15. The van der Waals surface area contributed by atoms with Crippen molar-refractivity contribution in [2.45, 2.75) is 43.4 Å². The first kappa shape index (κ1) is 22.8. The average molecular weight is 469 g/mol. The number of carbonyl (C=O) groups is 2. The molecule has 2 aromatic rings. The molecule has 9 nitrogen and oxygen atoms in total. The van der Waals surface area contributed by atoms with E-state index in [4.69, 9.17) is 9.73 Å². The molecule has 2 amide bonds. The number of nitrogens with zero attached hydrogens (tertiary/aromatic N) is 3. The smallest absolute Gasteiger partial charge is 0.273 e. The van der Waals surface area contributed by atoms with E-state index in [0.29, 0.717) is 10.9 Å². The second-order valence-electron chi connectivity index (χ2n) is 7.88. The SMILES string of the molecule is COc1cc([N+](=O)[O-])ccc1NC(=O)CC1SC(=Nc2ccccc2)N(C2CCCC2)C1=O. The highest BCUT2D eigenvalue weighted by atomic mass is 32.2. The van der Waals surface area contributed by atoms with Crippen molar-refractivity contribution in [3.63, 3.8) is 0 Å². The number of rotatable bonds is 7. The van der Waals surface area contributed by atoms with E-state index in [-0.39, 0.29) is 35.7 Å². The molecule has 0 spiro atoms. The molecular formula is C23H24N4O5S. The summed E-state index contributed by atoms with van der Waals surface area (Å²) in [7, 11) is 1.37. The molecule has 2 aliphatic rings. The van der Waals surface area contributed by atoms with E-state index in [1.165, 1.54) is 37.1 Å². The Labute approximate surface area is 195 Å². The molecular weight excluding hydrogens is 444 g/mol. The number of nitro groups is 1. The zero-order chi connectivity index (χ0) is 23.4. The van der Waals surface area contributed by atoms with Gasteiger partial charge in [0.1, 0.15) is 11.0 Å². The maximum Gasteiger partial charge on any atom is 0.273 e. The number of hydrogen-bond donors (Lipinski definition) is 1. The van der Waals surface area contributed by atoms with E-state index in [2.05, 4.69) is 5.32 Å². The third kappa shape index (κ3) is 5.16. The predicted octanol–water partition coefficient (Wildman–Crippen LogP) is 4.51. The molecule has 1 heterocycles. The Balaban J connectivity index is 1.51. The van der Waals surface area contributed by atoms with Crippen molar-refractivity contribution >= 4 is 45.8 Å². The van der Waals surface area contributed by atoms with Crippen molar-refractivity contribution in [3.8, 4) is 5.75 Å². The van der Waals surface area contributed by atoms with Gasteiger partial charge in [-0.3, -0.25) is 24.6 Å².